The van der Waals surface area contributed by atoms with Crippen LogP contribution in [0.2, 0.25) is 0 Å². The highest BCUT2D eigenvalue weighted by Gasteiger charge is 2.11. The van der Waals surface area contributed by atoms with E-state index in [0.717, 1.165) is 0 Å². The fraction of sp³-hybridized carbons (Fsp3) is 0.250. The number of benzene rings is 1. The highest BCUT2D eigenvalue weighted by molar-refractivity contribution is 6.33. The molecule has 0 aliphatic carbocycles. The summed E-state index contributed by atoms with van der Waals surface area (Å²) in [5.74, 6) is -1.49. The Morgan fingerprint density at radius 3 is 2.78 bits per heavy atom. The zero-order valence-corrected chi connectivity index (χ0v) is 9.46. The van der Waals surface area contributed by atoms with E-state index in [1.807, 2.05) is 0 Å². The standard InChI is InChI=1S/C12H12NO5/c13-10(12(16)17)4-5-18-9-3-1-2-8(6-9)11(15)7-14/h1-3,6,10H,4-5,13H2,(H,16,17). The van der Waals surface area contributed by atoms with Crippen LogP contribution >= 0.6 is 0 Å². The van der Waals surface area contributed by atoms with Crippen LogP contribution < -0.4 is 10.5 Å². The normalized spacial score (nSPS) is 11.6. The van der Waals surface area contributed by atoms with Gasteiger partial charge >= 0.3 is 5.97 Å². The maximum Gasteiger partial charge on any atom is 0.320 e. The Kier molecular flexibility index (Phi) is 5.01. The van der Waals surface area contributed by atoms with Crippen molar-refractivity contribution in [1.29, 1.82) is 0 Å². The number of aliphatic carboxylic acids is 1. The van der Waals surface area contributed by atoms with Gasteiger partial charge in [-0.25, -0.2) is 0 Å². The van der Waals surface area contributed by atoms with Crippen molar-refractivity contribution in [2.45, 2.75) is 12.5 Å². The van der Waals surface area contributed by atoms with Gasteiger partial charge in [0, 0.05) is 12.0 Å². The Balaban J connectivity index is 2.55. The highest BCUT2D eigenvalue weighted by Crippen LogP contribution is 2.13. The Morgan fingerprint density at radius 2 is 2.17 bits per heavy atom. The molecule has 0 amide bonds. The van der Waals surface area contributed by atoms with E-state index in [0.29, 0.717) is 5.75 Å². The summed E-state index contributed by atoms with van der Waals surface area (Å²) >= 11 is 0. The van der Waals surface area contributed by atoms with Gasteiger partial charge in [-0.2, -0.15) is 0 Å². The molecule has 1 aromatic carbocycles. The van der Waals surface area contributed by atoms with Crippen LogP contribution in [0.25, 0.3) is 0 Å². The summed E-state index contributed by atoms with van der Waals surface area (Å²) in [5, 5.41) is 8.56. The van der Waals surface area contributed by atoms with Crippen molar-refractivity contribution >= 4 is 18.0 Å². The van der Waals surface area contributed by atoms with Gasteiger partial charge in [0.15, 0.2) is 0 Å². The van der Waals surface area contributed by atoms with E-state index < -0.39 is 17.8 Å². The number of carboxylic acids is 1. The Hall–Kier alpha value is -2.21. The van der Waals surface area contributed by atoms with Crippen LogP contribution in [0.15, 0.2) is 24.3 Å². The number of nitrogens with two attached hydrogens (primary N) is 1. The van der Waals surface area contributed by atoms with Gasteiger partial charge in [0.1, 0.15) is 11.8 Å². The molecular formula is C12H12NO5. The Morgan fingerprint density at radius 1 is 1.44 bits per heavy atom. The molecule has 3 N–H and O–H groups in total. The first-order valence-electron chi connectivity index (χ1n) is 5.18. The highest BCUT2D eigenvalue weighted by atomic mass is 16.5. The van der Waals surface area contributed by atoms with E-state index in [2.05, 4.69) is 0 Å². The maximum absolute atomic E-state index is 11.1. The largest absolute Gasteiger partial charge is 0.493 e. The van der Waals surface area contributed by atoms with Crippen LogP contribution in [-0.2, 0) is 9.59 Å². The number of carboxylic acid groups (broad SMARTS) is 1. The molecule has 1 unspecified atom stereocenters. The first kappa shape index (κ1) is 13.9. The second kappa shape index (κ2) is 6.51. The summed E-state index contributed by atoms with van der Waals surface area (Å²) in [6, 6.07) is 5.01. The number of Topliss-reactive ketones (excluding diaryl/α,β-unsaturated/α-hetero) is 1. The van der Waals surface area contributed by atoms with Crippen LogP contribution in [0.4, 0.5) is 0 Å². The number of ether oxygens (including phenoxy) is 1. The van der Waals surface area contributed by atoms with E-state index in [-0.39, 0.29) is 18.6 Å². The second-order valence-corrected chi connectivity index (χ2v) is 3.54. The third-order valence-corrected chi connectivity index (χ3v) is 2.20. The van der Waals surface area contributed by atoms with Gasteiger partial charge in [0.25, 0.3) is 6.29 Å². The lowest BCUT2D eigenvalue weighted by atomic mass is 10.1. The fourth-order valence-electron chi connectivity index (χ4n) is 1.21. The molecule has 0 aromatic heterocycles. The minimum Gasteiger partial charge on any atom is -0.493 e. The van der Waals surface area contributed by atoms with Gasteiger partial charge < -0.3 is 15.6 Å². The average Bonchev–Trinajstić information content (AvgIpc) is 2.37. The lowest BCUT2D eigenvalue weighted by Crippen LogP contribution is -2.31. The molecule has 1 atom stereocenters. The predicted octanol–water partition coefficient (Wildman–Crippen LogP) is 0.160. The zero-order chi connectivity index (χ0) is 13.5. The van der Waals surface area contributed by atoms with Gasteiger partial charge in [-0.15, -0.1) is 0 Å². The molecule has 18 heavy (non-hydrogen) atoms. The minimum atomic E-state index is -1.10. The quantitative estimate of drug-likeness (QED) is 0.527. The molecule has 6 nitrogen and oxygen atoms in total. The van der Waals surface area contributed by atoms with Crippen LogP contribution in [0.5, 0.6) is 5.75 Å². The summed E-state index contributed by atoms with van der Waals surface area (Å²) in [5.41, 5.74) is 5.47. The van der Waals surface area contributed by atoms with Gasteiger partial charge in [0.2, 0.25) is 5.78 Å². The molecular weight excluding hydrogens is 238 g/mol. The predicted molar refractivity (Wildman–Crippen MR) is 62.2 cm³/mol. The monoisotopic (exact) mass is 250 g/mol. The van der Waals surface area contributed by atoms with Crippen molar-refractivity contribution in [3.63, 3.8) is 0 Å². The van der Waals surface area contributed by atoms with Gasteiger partial charge in [0.05, 0.1) is 6.61 Å². The summed E-state index contributed by atoms with van der Waals surface area (Å²) in [6.07, 6.45) is 1.40. The SMILES string of the molecule is NC(CCOc1cccc(C(=O)[C]=O)c1)C(=O)O. The first-order chi connectivity index (χ1) is 8.54. The molecule has 0 aliphatic heterocycles. The van der Waals surface area contributed by atoms with Crippen molar-refractivity contribution in [2.75, 3.05) is 6.61 Å². The zero-order valence-electron chi connectivity index (χ0n) is 9.46. The van der Waals surface area contributed by atoms with Gasteiger partial charge in [-0.05, 0) is 12.1 Å². The molecule has 1 aromatic rings. The van der Waals surface area contributed by atoms with Crippen molar-refractivity contribution in [3.8, 4) is 5.75 Å². The minimum absolute atomic E-state index is 0.107. The fourth-order valence-corrected chi connectivity index (χ4v) is 1.21. The molecule has 0 bridgehead atoms. The summed E-state index contributed by atoms with van der Waals surface area (Å²) in [6.45, 7) is 0.107. The lowest BCUT2D eigenvalue weighted by molar-refractivity contribution is -0.138. The van der Waals surface area contributed by atoms with Crippen LogP contribution in [-0.4, -0.2) is 35.8 Å². The second-order valence-electron chi connectivity index (χ2n) is 3.54. The number of hydrogen-bond acceptors (Lipinski definition) is 5. The van der Waals surface area contributed by atoms with Crippen molar-refractivity contribution in [1.82, 2.24) is 0 Å². The number of carbonyl (C=O) groups excluding carboxylic acids is 2. The number of ketones is 1. The third kappa shape index (κ3) is 3.99. The summed E-state index contributed by atoms with van der Waals surface area (Å²) in [7, 11) is 0. The van der Waals surface area contributed by atoms with Crippen molar-refractivity contribution in [3.05, 3.63) is 29.8 Å². The molecule has 1 rings (SSSR count). The summed E-state index contributed by atoms with van der Waals surface area (Å²) < 4.78 is 5.24. The smallest absolute Gasteiger partial charge is 0.320 e. The molecule has 1 radical (unpaired) electrons. The third-order valence-electron chi connectivity index (χ3n) is 2.20. The van der Waals surface area contributed by atoms with E-state index in [9.17, 15) is 14.4 Å². The lowest BCUT2D eigenvalue weighted by Gasteiger charge is -2.09. The van der Waals surface area contributed by atoms with Gasteiger partial charge in [-0.3, -0.25) is 14.4 Å². The molecule has 0 fully saturated rings. The number of carbonyl (C=O) groups is 2. The molecule has 0 aliphatic rings. The van der Waals surface area contributed by atoms with E-state index in [1.54, 1.807) is 12.1 Å². The Bertz CT molecular complexity index is 458. The molecule has 0 saturated carbocycles. The number of rotatable bonds is 7. The van der Waals surface area contributed by atoms with Crippen LogP contribution in [0.3, 0.4) is 0 Å². The topological polar surface area (TPSA) is 107 Å². The maximum atomic E-state index is 11.1. The van der Waals surface area contributed by atoms with E-state index in [4.69, 9.17) is 15.6 Å². The van der Waals surface area contributed by atoms with E-state index >= 15 is 0 Å². The first-order valence-corrected chi connectivity index (χ1v) is 5.18. The number of hydrogen-bond donors (Lipinski definition) is 2. The Labute approximate surface area is 103 Å². The summed E-state index contributed by atoms with van der Waals surface area (Å²) in [4.78, 5) is 31.7. The molecule has 0 saturated heterocycles. The van der Waals surface area contributed by atoms with Crippen molar-refractivity contribution in [2.24, 2.45) is 5.73 Å². The van der Waals surface area contributed by atoms with Gasteiger partial charge in [-0.1, -0.05) is 12.1 Å². The molecule has 0 spiro atoms. The van der Waals surface area contributed by atoms with Crippen LogP contribution in [0.1, 0.15) is 16.8 Å². The van der Waals surface area contributed by atoms with E-state index in [1.165, 1.54) is 18.4 Å². The molecule has 95 valence electrons. The average molecular weight is 250 g/mol. The molecule has 6 heteroatoms. The van der Waals surface area contributed by atoms with Crippen LogP contribution in [0, 0.1) is 0 Å². The molecule has 0 heterocycles. The van der Waals surface area contributed by atoms with Crippen molar-refractivity contribution < 1.29 is 24.2 Å².